The summed E-state index contributed by atoms with van der Waals surface area (Å²) in [4.78, 5) is 52.4. The highest BCUT2D eigenvalue weighted by molar-refractivity contribution is 9.10. The lowest BCUT2D eigenvalue weighted by Crippen LogP contribution is -2.76. The van der Waals surface area contributed by atoms with Gasteiger partial charge in [-0.3, -0.25) is 14.4 Å². The number of ether oxygens (including phenoxy) is 2. The summed E-state index contributed by atoms with van der Waals surface area (Å²) in [6, 6.07) is 12.5. The number of nitrogens with one attached hydrogen (secondary N) is 1. The van der Waals surface area contributed by atoms with Gasteiger partial charge in [-0.25, -0.2) is 4.79 Å². The summed E-state index contributed by atoms with van der Waals surface area (Å²) < 4.78 is 9.42. The zero-order valence-electron chi connectivity index (χ0n) is 18.5. The fourth-order valence-corrected chi connectivity index (χ4v) is 5.66. The Morgan fingerprint density at radius 2 is 1.79 bits per heavy atom. The number of hydrogen-bond acceptors (Lipinski definition) is 7. The van der Waals surface area contributed by atoms with Gasteiger partial charge in [0.2, 0.25) is 5.91 Å². The maximum absolute atomic E-state index is 13.8. The van der Waals surface area contributed by atoms with E-state index in [1.165, 1.54) is 33.0 Å². The molecule has 0 aromatic heterocycles. The molecule has 33 heavy (non-hydrogen) atoms. The molecule has 2 aromatic rings. The van der Waals surface area contributed by atoms with Gasteiger partial charge in [0.05, 0.1) is 18.7 Å². The summed E-state index contributed by atoms with van der Waals surface area (Å²) in [5.41, 5.74) is 0.998. The SMILES string of the molecule is COC(=O)C(c1ccc(OC)c(Br)c1)N1C(=O)C(SC(C)=O)(c2ccccc2)C1NC(C)=O. The van der Waals surface area contributed by atoms with E-state index in [-0.39, 0.29) is 5.12 Å². The summed E-state index contributed by atoms with van der Waals surface area (Å²) in [5, 5.41) is 2.47. The molecule has 1 saturated heterocycles. The Morgan fingerprint density at radius 1 is 1.12 bits per heavy atom. The Bertz CT molecular complexity index is 1100. The van der Waals surface area contributed by atoms with Crippen LogP contribution in [0.3, 0.4) is 0 Å². The van der Waals surface area contributed by atoms with Crippen molar-refractivity contribution in [2.75, 3.05) is 14.2 Å². The molecule has 3 rings (SSSR count). The first-order valence-corrected chi connectivity index (χ1v) is 11.5. The molecule has 1 fully saturated rings. The van der Waals surface area contributed by atoms with Crippen LogP contribution in [0.5, 0.6) is 5.75 Å². The molecule has 3 unspecified atom stereocenters. The van der Waals surface area contributed by atoms with Gasteiger partial charge < -0.3 is 19.7 Å². The topological polar surface area (TPSA) is 102 Å². The van der Waals surface area contributed by atoms with E-state index < -0.39 is 34.7 Å². The normalized spacial score (nSPS) is 20.5. The zero-order valence-corrected chi connectivity index (χ0v) is 20.9. The molecule has 174 valence electrons. The molecular weight excluding hydrogens is 512 g/mol. The third kappa shape index (κ3) is 4.49. The van der Waals surface area contributed by atoms with Gasteiger partial charge in [-0.1, -0.05) is 48.2 Å². The standard InChI is InChI=1S/C23H23BrN2O6S/c1-13(27)25-21-23(33-14(2)28,16-8-6-5-7-9-16)22(30)26(21)19(20(29)32-4)15-10-11-18(31-3)17(24)12-15/h5-12,19,21H,1-4H3,(H,25,27). The van der Waals surface area contributed by atoms with Crippen LogP contribution in [0.4, 0.5) is 0 Å². The number of methoxy groups -OCH3 is 2. The number of esters is 1. The highest BCUT2D eigenvalue weighted by Gasteiger charge is 2.66. The summed E-state index contributed by atoms with van der Waals surface area (Å²) in [6.07, 6.45) is -0.983. The number of carbonyl (C=O) groups excluding carboxylic acids is 4. The maximum atomic E-state index is 13.8. The quantitative estimate of drug-likeness (QED) is 0.430. The van der Waals surface area contributed by atoms with Crippen molar-refractivity contribution in [3.63, 3.8) is 0 Å². The molecule has 0 bridgehead atoms. The van der Waals surface area contributed by atoms with Crippen molar-refractivity contribution >= 4 is 50.6 Å². The van der Waals surface area contributed by atoms with E-state index in [2.05, 4.69) is 21.2 Å². The molecule has 1 heterocycles. The lowest BCUT2D eigenvalue weighted by molar-refractivity contribution is -0.172. The van der Waals surface area contributed by atoms with Crippen molar-refractivity contribution in [1.82, 2.24) is 10.2 Å². The number of rotatable bonds is 7. The molecule has 8 nitrogen and oxygen atoms in total. The molecule has 0 aliphatic carbocycles. The highest BCUT2D eigenvalue weighted by atomic mass is 79.9. The van der Waals surface area contributed by atoms with Gasteiger partial charge in [-0.05, 0) is 39.2 Å². The molecule has 10 heteroatoms. The van der Waals surface area contributed by atoms with Crippen LogP contribution in [0.15, 0.2) is 53.0 Å². The van der Waals surface area contributed by atoms with E-state index in [1.54, 1.807) is 48.5 Å². The number of halogens is 1. The Balaban J connectivity index is 2.17. The van der Waals surface area contributed by atoms with Crippen LogP contribution < -0.4 is 10.1 Å². The van der Waals surface area contributed by atoms with E-state index in [0.29, 0.717) is 21.3 Å². The number of nitrogens with zero attached hydrogens (tertiary/aromatic N) is 1. The number of hydrogen-bond donors (Lipinski definition) is 1. The van der Waals surface area contributed by atoms with Crippen molar-refractivity contribution in [3.8, 4) is 5.75 Å². The van der Waals surface area contributed by atoms with Crippen LogP contribution >= 0.6 is 27.7 Å². The second-order valence-corrected chi connectivity index (χ2v) is 9.61. The van der Waals surface area contributed by atoms with Gasteiger partial charge in [0.25, 0.3) is 5.91 Å². The molecular formula is C23H23BrN2O6S. The Hall–Kier alpha value is -2.85. The Kier molecular flexibility index (Phi) is 7.48. The molecule has 0 spiro atoms. The molecule has 1 N–H and O–H groups in total. The molecule has 1 aliphatic heterocycles. The van der Waals surface area contributed by atoms with E-state index >= 15 is 0 Å². The van der Waals surface area contributed by atoms with Crippen LogP contribution in [0, 0.1) is 0 Å². The number of likely N-dealkylation sites (tertiary alicyclic amines) is 1. The summed E-state index contributed by atoms with van der Waals surface area (Å²) in [5.74, 6) is -1.05. The fourth-order valence-electron chi connectivity index (χ4n) is 3.91. The van der Waals surface area contributed by atoms with Crippen LogP contribution in [-0.4, -0.2) is 48.2 Å². The Morgan fingerprint density at radius 3 is 2.30 bits per heavy atom. The average molecular weight is 535 g/mol. The predicted octanol–water partition coefficient (Wildman–Crippen LogP) is 3.15. The van der Waals surface area contributed by atoms with Crippen LogP contribution in [-0.2, 0) is 28.7 Å². The van der Waals surface area contributed by atoms with E-state index in [4.69, 9.17) is 9.47 Å². The molecule has 1 aliphatic rings. The van der Waals surface area contributed by atoms with Gasteiger partial charge in [0.15, 0.2) is 15.9 Å². The molecule has 3 atom stereocenters. The number of thioether (sulfide) groups is 1. The monoisotopic (exact) mass is 534 g/mol. The van der Waals surface area contributed by atoms with Gasteiger partial charge >= 0.3 is 5.97 Å². The van der Waals surface area contributed by atoms with Crippen molar-refractivity contribution in [3.05, 3.63) is 64.1 Å². The first-order valence-electron chi connectivity index (χ1n) is 9.93. The van der Waals surface area contributed by atoms with Gasteiger partial charge in [0, 0.05) is 13.8 Å². The smallest absolute Gasteiger partial charge is 0.333 e. The number of carbonyl (C=O) groups is 4. The van der Waals surface area contributed by atoms with Gasteiger partial charge in [-0.2, -0.15) is 0 Å². The van der Waals surface area contributed by atoms with E-state index in [1.807, 2.05) is 0 Å². The number of benzene rings is 2. The molecule has 0 radical (unpaired) electrons. The zero-order chi connectivity index (χ0) is 24.3. The first-order chi connectivity index (χ1) is 15.7. The number of amides is 2. The van der Waals surface area contributed by atoms with Crippen LogP contribution in [0.2, 0.25) is 0 Å². The largest absolute Gasteiger partial charge is 0.496 e. The van der Waals surface area contributed by atoms with Gasteiger partial charge in [0.1, 0.15) is 11.9 Å². The molecule has 2 aromatic carbocycles. The third-order valence-electron chi connectivity index (χ3n) is 5.26. The lowest BCUT2D eigenvalue weighted by Gasteiger charge is -2.56. The van der Waals surface area contributed by atoms with E-state index in [9.17, 15) is 19.2 Å². The van der Waals surface area contributed by atoms with Crippen molar-refractivity contribution in [2.45, 2.75) is 30.8 Å². The number of β-lactam (4-membered cyclic amide) rings is 1. The molecule has 0 saturated carbocycles. The second-order valence-electron chi connectivity index (χ2n) is 7.33. The maximum Gasteiger partial charge on any atom is 0.333 e. The third-order valence-corrected chi connectivity index (χ3v) is 7.12. The molecule has 2 amide bonds. The minimum Gasteiger partial charge on any atom is -0.496 e. The predicted molar refractivity (Wildman–Crippen MR) is 126 cm³/mol. The van der Waals surface area contributed by atoms with Crippen molar-refractivity contribution in [2.24, 2.45) is 0 Å². The minimum absolute atomic E-state index is 0.302. The van der Waals surface area contributed by atoms with Crippen molar-refractivity contribution in [1.29, 1.82) is 0 Å². The second kappa shape index (κ2) is 9.96. The Labute approximate surface area is 204 Å². The van der Waals surface area contributed by atoms with Crippen molar-refractivity contribution < 1.29 is 28.7 Å². The lowest BCUT2D eigenvalue weighted by atomic mass is 9.82. The fraction of sp³-hybridized carbons (Fsp3) is 0.304. The van der Waals surface area contributed by atoms with Gasteiger partial charge in [-0.15, -0.1) is 0 Å². The summed E-state index contributed by atoms with van der Waals surface area (Å²) in [7, 11) is 2.73. The minimum atomic E-state index is -1.42. The average Bonchev–Trinajstić information content (AvgIpc) is 2.79. The van der Waals surface area contributed by atoms with E-state index in [0.717, 1.165) is 11.8 Å². The van der Waals surface area contributed by atoms with Crippen LogP contribution in [0.25, 0.3) is 0 Å². The first kappa shape index (κ1) is 24.8. The summed E-state index contributed by atoms with van der Waals surface area (Å²) in [6.45, 7) is 2.67. The van der Waals surface area contributed by atoms with Crippen LogP contribution in [0.1, 0.15) is 31.0 Å². The highest BCUT2D eigenvalue weighted by Crippen LogP contribution is 2.53. The summed E-state index contributed by atoms with van der Waals surface area (Å²) >= 11 is 4.22.